The Kier molecular flexibility index (Phi) is 3.26. The second kappa shape index (κ2) is 4.47. The average molecular weight is 293 g/mol. The molecule has 0 aliphatic heterocycles. The molecule has 0 aliphatic rings. The summed E-state index contributed by atoms with van der Waals surface area (Å²) in [7, 11) is 0. The molecule has 0 saturated heterocycles. The van der Waals surface area contributed by atoms with E-state index in [4.69, 9.17) is 16.1 Å². The van der Waals surface area contributed by atoms with Crippen LogP contribution in [0.4, 0.5) is 0 Å². The number of hydrogen-bond donors (Lipinski definition) is 0. The summed E-state index contributed by atoms with van der Waals surface area (Å²) in [6, 6.07) is 5.76. The van der Waals surface area contributed by atoms with Gasteiger partial charge < -0.3 is 4.52 Å². The summed E-state index contributed by atoms with van der Waals surface area (Å²) in [6.45, 7) is 0. The summed E-state index contributed by atoms with van der Waals surface area (Å²) >= 11 is 10.7. The highest BCUT2D eigenvalue weighted by atomic mass is 79.9. The third-order valence-electron chi connectivity index (χ3n) is 1.73. The molecular weight excluding hydrogens is 286 g/mol. The van der Waals surface area contributed by atoms with Crippen LogP contribution in [0.25, 0.3) is 10.6 Å². The maximum absolute atomic E-state index is 5.83. The van der Waals surface area contributed by atoms with E-state index in [2.05, 4.69) is 21.1 Å². The standard InChI is InChI=1S/C9H7BrClNOS/c10-4-3-6-5-7(12-13-6)8-1-2-9(11)14-8/h1-2,5H,3-4H2. The summed E-state index contributed by atoms with van der Waals surface area (Å²) in [5.74, 6) is 0.890. The van der Waals surface area contributed by atoms with Crippen molar-refractivity contribution in [1.82, 2.24) is 5.16 Å². The summed E-state index contributed by atoms with van der Waals surface area (Å²) < 4.78 is 5.92. The number of rotatable bonds is 3. The summed E-state index contributed by atoms with van der Waals surface area (Å²) in [6.07, 6.45) is 0.853. The van der Waals surface area contributed by atoms with Crippen molar-refractivity contribution in [3.05, 3.63) is 28.3 Å². The van der Waals surface area contributed by atoms with Gasteiger partial charge in [-0.2, -0.15) is 0 Å². The van der Waals surface area contributed by atoms with E-state index in [0.29, 0.717) is 0 Å². The normalized spacial score (nSPS) is 10.7. The number of nitrogens with zero attached hydrogens (tertiary/aromatic N) is 1. The van der Waals surface area contributed by atoms with E-state index in [-0.39, 0.29) is 0 Å². The van der Waals surface area contributed by atoms with Crippen LogP contribution in [-0.2, 0) is 6.42 Å². The lowest BCUT2D eigenvalue weighted by Crippen LogP contribution is -1.79. The molecule has 0 N–H and O–H groups in total. The number of thiophene rings is 1. The van der Waals surface area contributed by atoms with Crippen molar-refractivity contribution in [2.45, 2.75) is 6.42 Å². The first kappa shape index (κ1) is 10.2. The Balaban J connectivity index is 2.24. The van der Waals surface area contributed by atoms with E-state index in [9.17, 15) is 0 Å². The molecule has 0 unspecified atom stereocenters. The Morgan fingerprint density at radius 2 is 2.36 bits per heavy atom. The number of aryl methyl sites for hydroxylation is 1. The van der Waals surface area contributed by atoms with Crippen LogP contribution in [0.15, 0.2) is 22.7 Å². The molecule has 0 atom stereocenters. The fourth-order valence-electron chi connectivity index (χ4n) is 1.09. The molecule has 0 saturated carbocycles. The van der Waals surface area contributed by atoms with Gasteiger partial charge in [0.25, 0.3) is 0 Å². The average Bonchev–Trinajstić information content (AvgIpc) is 2.74. The van der Waals surface area contributed by atoms with Crippen LogP contribution in [-0.4, -0.2) is 10.5 Å². The van der Waals surface area contributed by atoms with Crippen molar-refractivity contribution in [2.75, 3.05) is 5.33 Å². The lowest BCUT2D eigenvalue weighted by molar-refractivity contribution is 0.390. The Bertz CT molecular complexity index is 426. The van der Waals surface area contributed by atoms with Gasteiger partial charge >= 0.3 is 0 Å². The number of halogens is 2. The minimum absolute atomic E-state index is 0.769. The zero-order valence-corrected chi connectivity index (χ0v) is 10.3. The lowest BCUT2D eigenvalue weighted by Gasteiger charge is -1.84. The molecule has 2 aromatic heterocycles. The fourth-order valence-corrected chi connectivity index (χ4v) is 2.48. The van der Waals surface area contributed by atoms with Crippen molar-refractivity contribution in [3.8, 4) is 10.6 Å². The van der Waals surface area contributed by atoms with Gasteiger partial charge in [-0.3, -0.25) is 0 Å². The van der Waals surface area contributed by atoms with E-state index in [1.165, 1.54) is 11.3 Å². The van der Waals surface area contributed by atoms with Gasteiger partial charge in [0, 0.05) is 17.8 Å². The Morgan fingerprint density at radius 3 is 3.00 bits per heavy atom. The van der Waals surface area contributed by atoms with Crippen molar-refractivity contribution in [2.24, 2.45) is 0 Å². The van der Waals surface area contributed by atoms with Gasteiger partial charge in [-0.15, -0.1) is 11.3 Å². The van der Waals surface area contributed by atoms with Crippen molar-refractivity contribution < 1.29 is 4.52 Å². The third-order valence-corrected chi connectivity index (χ3v) is 3.38. The van der Waals surface area contributed by atoms with Crippen molar-refractivity contribution >= 4 is 38.9 Å². The van der Waals surface area contributed by atoms with Gasteiger partial charge in [0.2, 0.25) is 0 Å². The van der Waals surface area contributed by atoms with Crippen LogP contribution < -0.4 is 0 Å². The van der Waals surface area contributed by atoms with Gasteiger partial charge in [-0.1, -0.05) is 32.7 Å². The van der Waals surface area contributed by atoms with E-state index < -0.39 is 0 Å². The highest BCUT2D eigenvalue weighted by Crippen LogP contribution is 2.30. The largest absolute Gasteiger partial charge is 0.361 e. The molecule has 0 aromatic carbocycles. The minimum atomic E-state index is 0.769. The quantitative estimate of drug-likeness (QED) is 0.799. The highest BCUT2D eigenvalue weighted by molar-refractivity contribution is 9.09. The third kappa shape index (κ3) is 2.19. The highest BCUT2D eigenvalue weighted by Gasteiger charge is 2.07. The Labute approximate surface area is 99.0 Å². The van der Waals surface area contributed by atoms with Crippen LogP contribution in [0.2, 0.25) is 4.34 Å². The maximum Gasteiger partial charge on any atom is 0.138 e. The first-order valence-corrected chi connectivity index (χ1v) is 6.38. The smallest absolute Gasteiger partial charge is 0.138 e. The lowest BCUT2D eigenvalue weighted by atomic mass is 10.3. The Hall–Kier alpha value is -0.320. The maximum atomic E-state index is 5.83. The predicted molar refractivity (Wildman–Crippen MR) is 62.3 cm³/mol. The number of alkyl halides is 1. The summed E-state index contributed by atoms with van der Waals surface area (Å²) in [5, 5.41) is 4.86. The SMILES string of the molecule is Clc1ccc(-c2cc(CCBr)on2)s1. The minimum Gasteiger partial charge on any atom is -0.361 e. The van der Waals surface area contributed by atoms with Gasteiger partial charge in [0.05, 0.1) is 9.21 Å². The van der Waals surface area contributed by atoms with Gasteiger partial charge in [0.15, 0.2) is 0 Å². The Morgan fingerprint density at radius 1 is 1.50 bits per heavy atom. The number of aromatic nitrogens is 1. The van der Waals surface area contributed by atoms with Gasteiger partial charge in [-0.05, 0) is 12.1 Å². The molecule has 0 bridgehead atoms. The van der Waals surface area contributed by atoms with Gasteiger partial charge in [-0.25, -0.2) is 0 Å². The monoisotopic (exact) mass is 291 g/mol. The van der Waals surface area contributed by atoms with E-state index in [0.717, 1.165) is 32.4 Å². The molecule has 5 heteroatoms. The van der Waals surface area contributed by atoms with Crippen molar-refractivity contribution in [1.29, 1.82) is 0 Å². The molecule has 0 spiro atoms. The number of hydrogen-bond acceptors (Lipinski definition) is 3. The first-order chi connectivity index (χ1) is 6.79. The second-order valence-electron chi connectivity index (χ2n) is 2.72. The summed E-state index contributed by atoms with van der Waals surface area (Å²) in [4.78, 5) is 1.04. The van der Waals surface area contributed by atoms with Crippen LogP contribution in [0.1, 0.15) is 5.76 Å². The van der Waals surface area contributed by atoms with E-state index >= 15 is 0 Å². The van der Waals surface area contributed by atoms with Crippen molar-refractivity contribution in [3.63, 3.8) is 0 Å². The van der Waals surface area contributed by atoms with Crippen LogP contribution in [0.3, 0.4) is 0 Å². The zero-order valence-electron chi connectivity index (χ0n) is 7.17. The molecule has 2 aromatic rings. The molecule has 2 rings (SSSR count). The molecule has 0 amide bonds. The topological polar surface area (TPSA) is 26.0 Å². The first-order valence-electron chi connectivity index (χ1n) is 4.07. The molecule has 2 nitrogen and oxygen atoms in total. The molecule has 0 aliphatic carbocycles. The zero-order chi connectivity index (χ0) is 9.97. The summed E-state index contributed by atoms with van der Waals surface area (Å²) in [5.41, 5.74) is 0.859. The van der Waals surface area contributed by atoms with Crippen LogP contribution in [0.5, 0.6) is 0 Å². The molecule has 2 heterocycles. The fraction of sp³-hybridized carbons (Fsp3) is 0.222. The second-order valence-corrected chi connectivity index (χ2v) is 5.23. The van der Waals surface area contributed by atoms with E-state index in [1.807, 2.05) is 18.2 Å². The van der Waals surface area contributed by atoms with Crippen LogP contribution >= 0.6 is 38.9 Å². The van der Waals surface area contributed by atoms with Gasteiger partial charge in [0.1, 0.15) is 11.5 Å². The molecule has 0 fully saturated rings. The van der Waals surface area contributed by atoms with Crippen LogP contribution in [0, 0.1) is 0 Å². The molecule has 14 heavy (non-hydrogen) atoms. The van der Waals surface area contributed by atoms with E-state index in [1.54, 1.807) is 0 Å². The predicted octanol–water partition coefficient (Wildman–Crippen LogP) is 3.99. The molecular formula is C9H7BrClNOS. The molecule has 74 valence electrons. The molecule has 0 radical (unpaired) electrons.